The number of fused-ring (bicyclic) bond motifs is 1. The van der Waals surface area contributed by atoms with E-state index in [4.69, 9.17) is 0 Å². The van der Waals surface area contributed by atoms with Crippen LogP contribution in [0.25, 0.3) is 28.7 Å². The van der Waals surface area contributed by atoms with Gasteiger partial charge in [-0.05, 0) is 66.6 Å². The molecule has 28 heavy (non-hydrogen) atoms. The second kappa shape index (κ2) is 7.52. The summed E-state index contributed by atoms with van der Waals surface area (Å²) in [5.74, 6) is 0.171. The first-order chi connectivity index (χ1) is 13.5. The van der Waals surface area contributed by atoms with Crippen LogP contribution in [0, 0.1) is 12.7 Å². The number of hydrogen-bond acceptors (Lipinski definition) is 2. The maximum atomic E-state index is 13.5. The van der Waals surface area contributed by atoms with Gasteiger partial charge in [-0.15, -0.1) is 0 Å². The molecule has 0 aliphatic rings. The zero-order valence-corrected chi connectivity index (χ0v) is 16.7. The molecule has 0 aliphatic carbocycles. The van der Waals surface area contributed by atoms with Crippen LogP contribution in [0.5, 0.6) is 0 Å². The van der Waals surface area contributed by atoms with Crippen LogP contribution in [-0.2, 0) is 0 Å². The number of aromatic nitrogens is 2. The van der Waals surface area contributed by atoms with Gasteiger partial charge in [0.05, 0.1) is 16.6 Å². The SMILES string of the molecule is Cc1cc(-n2c(C=Cc3cccc(F)c3)nc3ccccc3c2=O)ccc1Br. The van der Waals surface area contributed by atoms with Crippen LogP contribution in [-0.4, -0.2) is 9.55 Å². The van der Waals surface area contributed by atoms with Gasteiger partial charge in [0.1, 0.15) is 11.6 Å². The number of hydrogen-bond donors (Lipinski definition) is 0. The minimum Gasteiger partial charge on any atom is -0.268 e. The molecule has 0 bridgehead atoms. The number of benzene rings is 3. The fourth-order valence-electron chi connectivity index (χ4n) is 3.06. The third kappa shape index (κ3) is 3.53. The van der Waals surface area contributed by atoms with Crippen molar-refractivity contribution in [1.29, 1.82) is 0 Å². The predicted octanol–water partition coefficient (Wildman–Crippen LogP) is 5.77. The molecule has 0 aliphatic heterocycles. The Morgan fingerprint density at radius 3 is 2.61 bits per heavy atom. The monoisotopic (exact) mass is 434 g/mol. The minimum atomic E-state index is -0.311. The Labute approximate surface area is 169 Å². The summed E-state index contributed by atoms with van der Waals surface area (Å²) in [7, 11) is 0. The van der Waals surface area contributed by atoms with Gasteiger partial charge in [-0.2, -0.15) is 0 Å². The molecule has 0 spiro atoms. The van der Waals surface area contributed by atoms with E-state index in [0.29, 0.717) is 22.3 Å². The third-order valence-electron chi connectivity index (χ3n) is 4.47. The summed E-state index contributed by atoms with van der Waals surface area (Å²) in [6, 6.07) is 19.2. The molecule has 0 amide bonds. The zero-order valence-electron chi connectivity index (χ0n) is 15.1. The van der Waals surface area contributed by atoms with E-state index in [-0.39, 0.29) is 11.4 Å². The fourth-order valence-corrected chi connectivity index (χ4v) is 3.31. The summed E-state index contributed by atoms with van der Waals surface area (Å²) in [6.07, 6.45) is 3.49. The highest BCUT2D eigenvalue weighted by Gasteiger charge is 2.11. The van der Waals surface area contributed by atoms with Crippen LogP contribution < -0.4 is 5.56 Å². The van der Waals surface area contributed by atoms with E-state index >= 15 is 0 Å². The van der Waals surface area contributed by atoms with Gasteiger partial charge in [0, 0.05) is 4.47 Å². The van der Waals surface area contributed by atoms with Crippen LogP contribution in [0.4, 0.5) is 4.39 Å². The maximum Gasteiger partial charge on any atom is 0.266 e. The van der Waals surface area contributed by atoms with Crippen molar-refractivity contribution < 1.29 is 4.39 Å². The summed E-state index contributed by atoms with van der Waals surface area (Å²) in [6.45, 7) is 1.97. The van der Waals surface area contributed by atoms with Gasteiger partial charge >= 0.3 is 0 Å². The first kappa shape index (κ1) is 18.3. The van der Waals surface area contributed by atoms with Gasteiger partial charge in [-0.1, -0.05) is 46.3 Å². The average molecular weight is 435 g/mol. The molecule has 0 N–H and O–H groups in total. The summed E-state index contributed by atoms with van der Waals surface area (Å²) >= 11 is 3.49. The zero-order chi connectivity index (χ0) is 19.7. The summed E-state index contributed by atoms with van der Waals surface area (Å²) in [5, 5.41) is 0.547. The normalized spacial score (nSPS) is 11.4. The fraction of sp³-hybridized carbons (Fsp3) is 0.0435. The molecule has 3 aromatic carbocycles. The Kier molecular flexibility index (Phi) is 4.92. The van der Waals surface area contributed by atoms with Crippen molar-refractivity contribution in [1.82, 2.24) is 9.55 Å². The maximum absolute atomic E-state index is 13.5. The lowest BCUT2D eigenvalue weighted by molar-refractivity contribution is 0.627. The van der Waals surface area contributed by atoms with E-state index in [1.807, 2.05) is 43.3 Å². The first-order valence-electron chi connectivity index (χ1n) is 8.75. The molecule has 4 rings (SSSR count). The molecule has 0 saturated heterocycles. The Hall–Kier alpha value is -3.05. The number of rotatable bonds is 3. The molecule has 1 heterocycles. The van der Waals surface area contributed by atoms with Crippen LogP contribution in [0.15, 0.2) is 76.0 Å². The van der Waals surface area contributed by atoms with Crippen LogP contribution in [0.3, 0.4) is 0 Å². The number of halogens is 2. The van der Waals surface area contributed by atoms with Gasteiger partial charge in [0.25, 0.3) is 5.56 Å². The second-order valence-electron chi connectivity index (χ2n) is 6.45. The van der Waals surface area contributed by atoms with Gasteiger partial charge < -0.3 is 0 Å². The first-order valence-corrected chi connectivity index (χ1v) is 9.54. The number of aryl methyl sites for hydroxylation is 1. The number of para-hydroxylation sites is 1. The molecule has 0 fully saturated rings. The standard InChI is InChI=1S/C23H16BrFN2O/c1-15-13-18(10-11-20(15)24)27-22(12-9-16-5-4-6-17(25)14-16)26-21-8-3-2-7-19(21)23(27)28/h2-14H,1H3. The molecule has 3 nitrogen and oxygen atoms in total. The molecule has 0 radical (unpaired) electrons. The van der Waals surface area contributed by atoms with Gasteiger partial charge in [0.2, 0.25) is 0 Å². The molecular weight excluding hydrogens is 419 g/mol. The summed E-state index contributed by atoms with van der Waals surface area (Å²) in [4.78, 5) is 17.9. The molecule has 1 aromatic heterocycles. The van der Waals surface area contributed by atoms with E-state index < -0.39 is 0 Å². The average Bonchev–Trinajstić information content (AvgIpc) is 2.69. The van der Waals surface area contributed by atoms with Gasteiger partial charge in [0.15, 0.2) is 0 Å². The molecule has 0 atom stereocenters. The largest absolute Gasteiger partial charge is 0.268 e. The van der Waals surface area contributed by atoms with Crippen molar-refractivity contribution in [3.63, 3.8) is 0 Å². The lowest BCUT2D eigenvalue weighted by Crippen LogP contribution is -2.22. The van der Waals surface area contributed by atoms with E-state index in [2.05, 4.69) is 20.9 Å². The Balaban J connectivity index is 1.95. The van der Waals surface area contributed by atoms with Crippen molar-refractivity contribution >= 4 is 39.0 Å². The Morgan fingerprint density at radius 2 is 1.82 bits per heavy atom. The third-order valence-corrected chi connectivity index (χ3v) is 5.36. The van der Waals surface area contributed by atoms with Gasteiger partial charge in [-0.3, -0.25) is 9.36 Å². The van der Waals surface area contributed by atoms with Crippen molar-refractivity contribution in [2.24, 2.45) is 0 Å². The molecular formula is C23H16BrFN2O. The molecule has 4 aromatic rings. The van der Waals surface area contributed by atoms with Crippen LogP contribution >= 0.6 is 15.9 Å². The molecule has 0 saturated carbocycles. The van der Waals surface area contributed by atoms with E-state index in [1.54, 1.807) is 34.9 Å². The van der Waals surface area contributed by atoms with Crippen molar-refractivity contribution in [2.45, 2.75) is 6.92 Å². The van der Waals surface area contributed by atoms with E-state index in [0.717, 1.165) is 15.7 Å². The van der Waals surface area contributed by atoms with Crippen molar-refractivity contribution in [3.05, 3.63) is 104 Å². The quantitative estimate of drug-likeness (QED) is 0.410. The topological polar surface area (TPSA) is 34.9 Å². The van der Waals surface area contributed by atoms with E-state index in [9.17, 15) is 9.18 Å². The summed E-state index contributed by atoms with van der Waals surface area (Å²) in [5.41, 5.74) is 2.91. The summed E-state index contributed by atoms with van der Waals surface area (Å²) < 4.78 is 16.0. The van der Waals surface area contributed by atoms with Crippen LogP contribution in [0.2, 0.25) is 0 Å². The molecule has 0 unspecified atom stereocenters. The van der Waals surface area contributed by atoms with Gasteiger partial charge in [-0.25, -0.2) is 9.37 Å². The molecule has 5 heteroatoms. The highest BCUT2D eigenvalue weighted by atomic mass is 79.9. The second-order valence-corrected chi connectivity index (χ2v) is 7.30. The lowest BCUT2D eigenvalue weighted by atomic mass is 10.2. The number of nitrogens with zero attached hydrogens (tertiary/aromatic N) is 2. The van der Waals surface area contributed by atoms with Crippen molar-refractivity contribution in [3.8, 4) is 5.69 Å². The van der Waals surface area contributed by atoms with Crippen LogP contribution in [0.1, 0.15) is 17.0 Å². The molecule has 138 valence electrons. The minimum absolute atomic E-state index is 0.147. The Bertz CT molecular complexity index is 1280. The Morgan fingerprint density at radius 1 is 1.00 bits per heavy atom. The lowest BCUT2D eigenvalue weighted by Gasteiger charge is -2.12. The van der Waals surface area contributed by atoms with Crippen molar-refractivity contribution in [2.75, 3.05) is 0 Å². The highest BCUT2D eigenvalue weighted by Crippen LogP contribution is 2.21. The van der Waals surface area contributed by atoms with E-state index in [1.165, 1.54) is 12.1 Å². The predicted molar refractivity (Wildman–Crippen MR) is 115 cm³/mol. The smallest absolute Gasteiger partial charge is 0.266 e. The highest BCUT2D eigenvalue weighted by molar-refractivity contribution is 9.10.